The van der Waals surface area contributed by atoms with Gasteiger partial charge in [0.2, 0.25) is 0 Å². The van der Waals surface area contributed by atoms with Crippen LogP contribution < -0.4 is 5.73 Å². The molecule has 0 aliphatic carbocycles. The highest BCUT2D eigenvalue weighted by Crippen LogP contribution is 2.50. The van der Waals surface area contributed by atoms with Crippen molar-refractivity contribution in [3.63, 3.8) is 0 Å². The van der Waals surface area contributed by atoms with Crippen molar-refractivity contribution in [1.29, 1.82) is 0 Å². The standard InChI is InChI=1S/C13H19NO/c1-12(2)10-13(15-12,8-9-14)11-6-4-3-5-7-11/h3-7H,8-10,14H2,1-2H3. The molecule has 1 unspecified atom stereocenters. The molecule has 15 heavy (non-hydrogen) atoms. The summed E-state index contributed by atoms with van der Waals surface area (Å²) < 4.78 is 6.06. The third-order valence-electron chi connectivity index (χ3n) is 3.03. The molecule has 0 aromatic heterocycles. The zero-order valence-electron chi connectivity index (χ0n) is 9.49. The zero-order chi connectivity index (χ0) is 10.9. The number of rotatable bonds is 3. The number of hydrogen-bond acceptors (Lipinski definition) is 2. The van der Waals surface area contributed by atoms with E-state index in [4.69, 9.17) is 10.5 Å². The molecular formula is C13H19NO. The molecule has 1 aliphatic heterocycles. The van der Waals surface area contributed by atoms with Crippen molar-refractivity contribution in [3.05, 3.63) is 35.9 Å². The van der Waals surface area contributed by atoms with Gasteiger partial charge in [-0.25, -0.2) is 0 Å². The fraction of sp³-hybridized carbons (Fsp3) is 0.538. The van der Waals surface area contributed by atoms with E-state index in [-0.39, 0.29) is 11.2 Å². The molecule has 0 spiro atoms. The van der Waals surface area contributed by atoms with Crippen LogP contribution in [0.1, 0.15) is 32.3 Å². The van der Waals surface area contributed by atoms with Gasteiger partial charge in [-0.15, -0.1) is 0 Å². The Morgan fingerprint density at radius 1 is 1.27 bits per heavy atom. The summed E-state index contributed by atoms with van der Waals surface area (Å²) in [6.45, 7) is 4.93. The van der Waals surface area contributed by atoms with Crippen LogP contribution in [0.4, 0.5) is 0 Å². The summed E-state index contributed by atoms with van der Waals surface area (Å²) >= 11 is 0. The lowest BCUT2D eigenvalue weighted by Crippen LogP contribution is -2.55. The molecule has 1 aromatic carbocycles. The molecule has 2 rings (SSSR count). The smallest absolute Gasteiger partial charge is 0.0977 e. The number of hydrogen-bond donors (Lipinski definition) is 1. The monoisotopic (exact) mass is 205 g/mol. The Morgan fingerprint density at radius 2 is 1.87 bits per heavy atom. The molecule has 1 saturated heterocycles. The van der Waals surface area contributed by atoms with Crippen molar-refractivity contribution in [2.75, 3.05) is 6.54 Å². The predicted octanol–water partition coefficient (Wildman–Crippen LogP) is 2.43. The SMILES string of the molecule is CC1(C)CC(CCN)(c2ccccc2)O1. The fourth-order valence-corrected chi connectivity index (χ4v) is 2.63. The van der Waals surface area contributed by atoms with Crippen LogP contribution in [0.3, 0.4) is 0 Å². The Labute approximate surface area is 91.4 Å². The molecule has 0 bridgehead atoms. The summed E-state index contributed by atoms with van der Waals surface area (Å²) in [5.41, 5.74) is 6.81. The average molecular weight is 205 g/mol. The lowest BCUT2D eigenvalue weighted by molar-refractivity contribution is -0.266. The molecular weight excluding hydrogens is 186 g/mol. The van der Waals surface area contributed by atoms with E-state index in [9.17, 15) is 0 Å². The van der Waals surface area contributed by atoms with Gasteiger partial charge in [-0.05, 0) is 32.4 Å². The molecule has 1 aliphatic rings. The van der Waals surface area contributed by atoms with Crippen molar-refractivity contribution in [2.45, 2.75) is 37.9 Å². The molecule has 1 atom stereocenters. The normalized spacial score (nSPS) is 28.5. The maximum atomic E-state index is 6.06. The average Bonchev–Trinajstić information content (AvgIpc) is 2.16. The second kappa shape index (κ2) is 3.62. The molecule has 0 saturated carbocycles. The van der Waals surface area contributed by atoms with Gasteiger partial charge in [-0.3, -0.25) is 0 Å². The van der Waals surface area contributed by atoms with Crippen LogP contribution in [-0.2, 0) is 10.3 Å². The first-order valence-corrected chi connectivity index (χ1v) is 5.54. The van der Waals surface area contributed by atoms with Crippen molar-refractivity contribution in [2.24, 2.45) is 5.73 Å². The highest BCUT2D eigenvalue weighted by atomic mass is 16.5. The van der Waals surface area contributed by atoms with Crippen LogP contribution in [0.2, 0.25) is 0 Å². The molecule has 82 valence electrons. The summed E-state index contributed by atoms with van der Waals surface area (Å²) in [5, 5.41) is 0. The summed E-state index contributed by atoms with van der Waals surface area (Å²) in [6.07, 6.45) is 1.96. The zero-order valence-corrected chi connectivity index (χ0v) is 9.49. The Bertz CT molecular complexity index is 324. The number of nitrogens with two attached hydrogens (primary N) is 1. The summed E-state index contributed by atoms with van der Waals surface area (Å²) in [6, 6.07) is 10.4. The molecule has 2 heteroatoms. The molecule has 1 heterocycles. The summed E-state index contributed by atoms with van der Waals surface area (Å²) in [7, 11) is 0. The van der Waals surface area contributed by atoms with Crippen LogP contribution >= 0.6 is 0 Å². The van der Waals surface area contributed by atoms with Crippen molar-refractivity contribution in [1.82, 2.24) is 0 Å². The summed E-state index contributed by atoms with van der Waals surface area (Å²) in [5.74, 6) is 0. The lowest BCUT2D eigenvalue weighted by atomic mass is 9.75. The quantitative estimate of drug-likeness (QED) is 0.822. The van der Waals surface area contributed by atoms with E-state index in [1.165, 1.54) is 5.56 Å². The molecule has 2 N–H and O–H groups in total. The minimum Gasteiger partial charge on any atom is -0.364 e. The first kappa shape index (κ1) is 10.7. The summed E-state index contributed by atoms with van der Waals surface area (Å²) in [4.78, 5) is 0. The van der Waals surface area contributed by atoms with E-state index in [0.717, 1.165) is 12.8 Å². The van der Waals surface area contributed by atoms with Gasteiger partial charge in [0.25, 0.3) is 0 Å². The Morgan fingerprint density at radius 3 is 2.33 bits per heavy atom. The molecule has 1 fully saturated rings. The van der Waals surface area contributed by atoms with Crippen LogP contribution in [-0.4, -0.2) is 12.1 Å². The predicted molar refractivity (Wildman–Crippen MR) is 61.6 cm³/mol. The Kier molecular flexibility index (Phi) is 2.57. The van der Waals surface area contributed by atoms with Crippen LogP contribution in [0.15, 0.2) is 30.3 Å². The number of ether oxygens (including phenoxy) is 1. The van der Waals surface area contributed by atoms with E-state index in [2.05, 4.69) is 38.1 Å². The Hall–Kier alpha value is -0.860. The number of benzene rings is 1. The maximum Gasteiger partial charge on any atom is 0.0977 e. The highest BCUT2D eigenvalue weighted by Gasteiger charge is 2.50. The minimum absolute atomic E-state index is 0.00497. The van der Waals surface area contributed by atoms with Crippen LogP contribution in [0.25, 0.3) is 0 Å². The largest absolute Gasteiger partial charge is 0.364 e. The van der Waals surface area contributed by atoms with Gasteiger partial charge in [-0.1, -0.05) is 30.3 Å². The van der Waals surface area contributed by atoms with Gasteiger partial charge in [-0.2, -0.15) is 0 Å². The Balaban J connectivity index is 2.23. The minimum atomic E-state index is -0.125. The maximum absolute atomic E-state index is 6.06. The first-order valence-electron chi connectivity index (χ1n) is 5.54. The van der Waals surface area contributed by atoms with E-state index in [1.54, 1.807) is 0 Å². The van der Waals surface area contributed by atoms with E-state index in [0.29, 0.717) is 6.54 Å². The van der Waals surface area contributed by atoms with Crippen molar-refractivity contribution in [3.8, 4) is 0 Å². The third-order valence-corrected chi connectivity index (χ3v) is 3.03. The van der Waals surface area contributed by atoms with E-state index in [1.807, 2.05) is 6.07 Å². The topological polar surface area (TPSA) is 35.2 Å². The third kappa shape index (κ3) is 1.92. The van der Waals surface area contributed by atoms with E-state index >= 15 is 0 Å². The molecule has 2 nitrogen and oxygen atoms in total. The van der Waals surface area contributed by atoms with Crippen LogP contribution in [0, 0.1) is 0 Å². The molecule has 0 radical (unpaired) electrons. The van der Waals surface area contributed by atoms with Gasteiger partial charge < -0.3 is 10.5 Å². The van der Waals surface area contributed by atoms with Gasteiger partial charge in [0.05, 0.1) is 11.2 Å². The van der Waals surface area contributed by atoms with Gasteiger partial charge in [0.15, 0.2) is 0 Å². The molecule has 0 amide bonds. The van der Waals surface area contributed by atoms with Crippen molar-refractivity contribution >= 4 is 0 Å². The second-order valence-electron chi connectivity index (χ2n) is 4.94. The van der Waals surface area contributed by atoms with Gasteiger partial charge in [0, 0.05) is 6.42 Å². The second-order valence-corrected chi connectivity index (χ2v) is 4.94. The first-order chi connectivity index (χ1) is 7.08. The highest BCUT2D eigenvalue weighted by molar-refractivity contribution is 5.26. The lowest BCUT2D eigenvalue weighted by Gasteiger charge is -2.53. The van der Waals surface area contributed by atoms with Gasteiger partial charge >= 0.3 is 0 Å². The van der Waals surface area contributed by atoms with Gasteiger partial charge in [0.1, 0.15) is 0 Å². The van der Waals surface area contributed by atoms with Crippen molar-refractivity contribution < 1.29 is 4.74 Å². The van der Waals surface area contributed by atoms with Crippen LogP contribution in [0.5, 0.6) is 0 Å². The van der Waals surface area contributed by atoms with E-state index < -0.39 is 0 Å². The molecule has 1 aromatic rings. The fourth-order valence-electron chi connectivity index (χ4n) is 2.63.